The molecule has 0 radical (unpaired) electrons. The summed E-state index contributed by atoms with van der Waals surface area (Å²) in [6, 6.07) is 6.12. The van der Waals surface area contributed by atoms with Crippen LogP contribution in [0.1, 0.15) is 28.3 Å². The van der Waals surface area contributed by atoms with Crippen molar-refractivity contribution in [2.24, 2.45) is 12.9 Å². The molecule has 96 valence electrons. The minimum absolute atomic E-state index is 0.141. The Kier molecular flexibility index (Phi) is 3.36. The van der Waals surface area contributed by atoms with Crippen LogP contribution in [0.3, 0.4) is 0 Å². The maximum atomic E-state index is 5.99. The van der Waals surface area contributed by atoms with E-state index in [9.17, 15) is 0 Å². The summed E-state index contributed by atoms with van der Waals surface area (Å²) in [6.45, 7) is 4.17. The van der Waals surface area contributed by atoms with Gasteiger partial charge in [0.25, 0.3) is 0 Å². The molecule has 5 nitrogen and oxygen atoms in total. The average Bonchev–Trinajstić information content (AvgIpc) is 2.67. The molecule has 0 aliphatic rings. The highest BCUT2D eigenvalue weighted by molar-refractivity contribution is 5.46. The van der Waals surface area contributed by atoms with Gasteiger partial charge in [-0.2, -0.15) is 5.10 Å². The predicted octanol–water partition coefficient (Wildman–Crippen LogP) is 1.17. The fourth-order valence-corrected chi connectivity index (χ4v) is 2.00. The predicted molar refractivity (Wildman–Crippen MR) is 72.7 cm³/mol. The lowest BCUT2D eigenvalue weighted by Crippen LogP contribution is -2.29. The first-order valence-corrected chi connectivity index (χ1v) is 5.85. The standard InChI is InChI=1S/C13H19N5/c1-8-4-5-10(6-9(8)2)12(17-15)11-7-16-18(3)13(11)14/h4-7,12,17H,14-15H2,1-3H3. The monoisotopic (exact) mass is 245 g/mol. The Hall–Kier alpha value is -1.85. The van der Waals surface area contributed by atoms with E-state index in [1.807, 2.05) is 7.05 Å². The Morgan fingerprint density at radius 1 is 1.28 bits per heavy atom. The topological polar surface area (TPSA) is 81.9 Å². The number of hydrazine groups is 1. The Bertz CT molecular complexity index is 559. The van der Waals surface area contributed by atoms with Crippen molar-refractivity contribution in [1.29, 1.82) is 0 Å². The first-order chi connectivity index (χ1) is 8.54. The van der Waals surface area contributed by atoms with Gasteiger partial charge in [-0.25, -0.2) is 5.43 Å². The van der Waals surface area contributed by atoms with E-state index in [1.165, 1.54) is 11.1 Å². The molecule has 0 amide bonds. The number of aromatic nitrogens is 2. The third-order valence-electron chi connectivity index (χ3n) is 3.36. The largest absolute Gasteiger partial charge is 0.384 e. The number of hydrogen-bond acceptors (Lipinski definition) is 4. The summed E-state index contributed by atoms with van der Waals surface area (Å²) in [4.78, 5) is 0. The summed E-state index contributed by atoms with van der Waals surface area (Å²) in [5.41, 5.74) is 13.3. The van der Waals surface area contributed by atoms with Crippen LogP contribution in [0.25, 0.3) is 0 Å². The van der Waals surface area contributed by atoms with Crippen LogP contribution in [0.2, 0.25) is 0 Å². The summed E-state index contributed by atoms with van der Waals surface area (Å²) in [5, 5.41) is 4.15. The second-order valence-electron chi connectivity index (χ2n) is 4.55. The molecule has 0 spiro atoms. The molecule has 1 atom stereocenters. The van der Waals surface area contributed by atoms with Crippen LogP contribution >= 0.6 is 0 Å². The zero-order valence-corrected chi connectivity index (χ0v) is 10.9. The highest BCUT2D eigenvalue weighted by atomic mass is 15.3. The fraction of sp³-hybridized carbons (Fsp3) is 0.308. The molecule has 18 heavy (non-hydrogen) atoms. The van der Waals surface area contributed by atoms with E-state index in [-0.39, 0.29) is 6.04 Å². The van der Waals surface area contributed by atoms with Crippen molar-refractivity contribution in [1.82, 2.24) is 15.2 Å². The minimum Gasteiger partial charge on any atom is -0.384 e. The molecule has 1 aromatic heterocycles. The van der Waals surface area contributed by atoms with Gasteiger partial charge in [0.15, 0.2) is 0 Å². The van der Waals surface area contributed by atoms with Gasteiger partial charge in [0.05, 0.1) is 12.2 Å². The molecule has 1 unspecified atom stereocenters. The van der Waals surface area contributed by atoms with Crippen LogP contribution < -0.4 is 17.0 Å². The second-order valence-corrected chi connectivity index (χ2v) is 4.55. The summed E-state index contributed by atoms with van der Waals surface area (Å²) >= 11 is 0. The van der Waals surface area contributed by atoms with Crippen LogP contribution in [-0.4, -0.2) is 9.78 Å². The zero-order valence-electron chi connectivity index (χ0n) is 10.9. The molecule has 0 aliphatic heterocycles. The molecule has 2 aromatic rings. The van der Waals surface area contributed by atoms with Crippen molar-refractivity contribution >= 4 is 5.82 Å². The lowest BCUT2D eigenvalue weighted by atomic mass is 9.97. The lowest BCUT2D eigenvalue weighted by molar-refractivity contribution is 0.637. The number of aryl methyl sites for hydroxylation is 3. The zero-order chi connectivity index (χ0) is 13.3. The number of nitrogens with zero attached hydrogens (tertiary/aromatic N) is 2. The molecule has 0 saturated heterocycles. The number of nitrogens with two attached hydrogens (primary N) is 2. The Morgan fingerprint density at radius 2 is 2.00 bits per heavy atom. The fourth-order valence-electron chi connectivity index (χ4n) is 2.00. The molecule has 0 saturated carbocycles. The summed E-state index contributed by atoms with van der Waals surface area (Å²) < 4.78 is 1.64. The molecular weight excluding hydrogens is 226 g/mol. The SMILES string of the molecule is Cc1ccc(C(NN)c2cnn(C)c2N)cc1C. The van der Waals surface area contributed by atoms with Crippen molar-refractivity contribution in [3.8, 4) is 0 Å². The number of anilines is 1. The van der Waals surface area contributed by atoms with Crippen LogP contribution in [0.15, 0.2) is 24.4 Å². The van der Waals surface area contributed by atoms with E-state index < -0.39 is 0 Å². The molecule has 2 rings (SSSR count). The van der Waals surface area contributed by atoms with Gasteiger partial charge in [0.1, 0.15) is 5.82 Å². The molecule has 0 bridgehead atoms. The van der Waals surface area contributed by atoms with Crippen molar-refractivity contribution in [3.05, 3.63) is 46.6 Å². The van der Waals surface area contributed by atoms with Gasteiger partial charge in [-0.15, -0.1) is 0 Å². The minimum atomic E-state index is -0.141. The smallest absolute Gasteiger partial charge is 0.126 e. The van der Waals surface area contributed by atoms with E-state index in [2.05, 4.69) is 42.6 Å². The van der Waals surface area contributed by atoms with E-state index in [0.717, 1.165) is 11.1 Å². The van der Waals surface area contributed by atoms with Gasteiger partial charge < -0.3 is 5.73 Å². The molecule has 0 aliphatic carbocycles. The first-order valence-electron chi connectivity index (χ1n) is 5.85. The number of rotatable bonds is 3. The third-order valence-corrected chi connectivity index (χ3v) is 3.36. The molecule has 1 aromatic carbocycles. The summed E-state index contributed by atoms with van der Waals surface area (Å²) in [7, 11) is 1.81. The van der Waals surface area contributed by atoms with Gasteiger partial charge >= 0.3 is 0 Å². The van der Waals surface area contributed by atoms with E-state index >= 15 is 0 Å². The third kappa shape index (κ3) is 2.10. The maximum absolute atomic E-state index is 5.99. The first kappa shape index (κ1) is 12.6. The van der Waals surface area contributed by atoms with Gasteiger partial charge in [-0.05, 0) is 30.5 Å². The Morgan fingerprint density at radius 3 is 2.50 bits per heavy atom. The van der Waals surface area contributed by atoms with Gasteiger partial charge in [0, 0.05) is 12.6 Å². The van der Waals surface area contributed by atoms with Crippen LogP contribution in [0.5, 0.6) is 0 Å². The highest BCUT2D eigenvalue weighted by Gasteiger charge is 2.18. The molecule has 1 heterocycles. The lowest BCUT2D eigenvalue weighted by Gasteiger charge is -2.17. The maximum Gasteiger partial charge on any atom is 0.126 e. The molecule has 5 heteroatoms. The number of benzene rings is 1. The van der Waals surface area contributed by atoms with Crippen molar-refractivity contribution < 1.29 is 0 Å². The van der Waals surface area contributed by atoms with E-state index in [1.54, 1.807) is 10.9 Å². The van der Waals surface area contributed by atoms with E-state index in [4.69, 9.17) is 11.6 Å². The quantitative estimate of drug-likeness (QED) is 0.560. The van der Waals surface area contributed by atoms with Gasteiger partial charge in [-0.3, -0.25) is 10.5 Å². The number of nitrogen functional groups attached to an aromatic ring is 1. The molecular formula is C13H19N5. The van der Waals surface area contributed by atoms with E-state index in [0.29, 0.717) is 5.82 Å². The Labute approximate surface area is 107 Å². The van der Waals surface area contributed by atoms with Crippen molar-refractivity contribution in [2.45, 2.75) is 19.9 Å². The Balaban J connectivity index is 2.45. The van der Waals surface area contributed by atoms with Crippen LogP contribution in [0.4, 0.5) is 5.82 Å². The molecule has 5 N–H and O–H groups in total. The summed E-state index contributed by atoms with van der Waals surface area (Å²) in [5.74, 6) is 6.28. The van der Waals surface area contributed by atoms with Crippen LogP contribution in [0, 0.1) is 13.8 Å². The average molecular weight is 245 g/mol. The number of hydrogen-bond donors (Lipinski definition) is 3. The summed E-state index contributed by atoms with van der Waals surface area (Å²) in [6.07, 6.45) is 1.75. The van der Waals surface area contributed by atoms with Crippen molar-refractivity contribution in [3.63, 3.8) is 0 Å². The molecule has 0 fully saturated rings. The van der Waals surface area contributed by atoms with Crippen molar-refractivity contribution in [2.75, 3.05) is 5.73 Å². The highest BCUT2D eigenvalue weighted by Crippen LogP contribution is 2.26. The second kappa shape index (κ2) is 4.80. The number of nitrogens with one attached hydrogen (secondary N) is 1. The van der Waals surface area contributed by atoms with Gasteiger partial charge in [-0.1, -0.05) is 18.2 Å². The normalized spacial score (nSPS) is 12.7. The van der Waals surface area contributed by atoms with Gasteiger partial charge in [0.2, 0.25) is 0 Å². The van der Waals surface area contributed by atoms with Crippen LogP contribution in [-0.2, 0) is 7.05 Å².